The van der Waals surface area contributed by atoms with Crippen LogP contribution in [-0.2, 0) is 17.9 Å². The summed E-state index contributed by atoms with van der Waals surface area (Å²) in [7, 11) is 1.53. The molecule has 28 heavy (non-hydrogen) atoms. The predicted octanol–water partition coefficient (Wildman–Crippen LogP) is 4.69. The summed E-state index contributed by atoms with van der Waals surface area (Å²) in [5, 5.41) is 3.35. The summed E-state index contributed by atoms with van der Waals surface area (Å²) in [5.41, 5.74) is 1.37. The zero-order valence-corrected chi connectivity index (χ0v) is 16.8. The predicted molar refractivity (Wildman–Crippen MR) is 108 cm³/mol. The molecule has 0 aliphatic carbocycles. The van der Waals surface area contributed by atoms with Gasteiger partial charge in [0.25, 0.3) is 5.91 Å². The van der Waals surface area contributed by atoms with Gasteiger partial charge in [-0.15, -0.1) is 11.3 Å². The summed E-state index contributed by atoms with van der Waals surface area (Å²) < 4.78 is 25.9. The molecule has 3 rings (SSSR count). The van der Waals surface area contributed by atoms with E-state index >= 15 is 0 Å². The first-order chi connectivity index (χ1) is 13.7. The molecule has 2 heterocycles. The molecule has 2 aromatic heterocycles. The molecule has 0 bridgehead atoms. The zero-order chi connectivity index (χ0) is 19.9. The lowest BCUT2D eigenvalue weighted by Crippen LogP contribution is -2.23. The molecule has 7 heteroatoms. The quantitative estimate of drug-likeness (QED) is 0.528. The van der Waals surface area contributed by atoms with Crippen LogP contribution < -0.4 is 10.1 Å². The van der Waals surface area contributed by atoms with E-state index in [0.29, 0.717) is 28.3 Å². The highest BCUT2D eigenvalue weighted by Crippen LogP contribution is 2.33. The van der Waals surface area contributed by atoms with Gasteiger partial charge in [0.1, 0.15) is 5.82 Å². The van der Waals surface area contributed by atoms with Crippen molar-refractivity contribution in [1.29, 1.82) is 0 Å². The maximum atomic E-state index is 14.3. The Hall–Kier alpha value is -2.51. The number of carbonyl (C=O) groups is 1. The third-order valence-corrected chi connectivity index (χ3v) is 5.48. The number of benzene rings is 1. The van der Waals surface area contributed by atoms with Gasteiger partial charge >= 0.3 is 0 Å². The molecule has 0 saturated heterocycles. The molecule has 1 N–H and O–H groups in total. The van der Waals surface area contributed by atoms with Gasteiger partial charge in [-0.05, 0) is 24.6 Å². The number of unbranched alkanes of at least 4 members (excludes halogenated alkanes) is 1. The second-order valence-corrected chi connectivity index (χ2v) is 7.36. The first-order valence-corrected chi connectivity index (χ1v) is 10.0. The van der Waals surface area contributed by atoms with E-state index in [-0.39, 0.29) is 24.9 Å². The Morgan fingerprint density at radius 2 is 2.14 bits per heavy atom. The Morgan fingerprint density at radius 3 is 2.93 bits per heavy atom. The maximum absolute atomic E-state index is 14.3. The van der Waals surface area contributed by atoms with Gasteiger partial charge in [0.05, 0.1) is 18.1 Å². The number of amides is 1. The number of fused-ring (bicyclic) bond motifs is 1. The minimum absolute atomic E-state index is 0.169. The third kappa shape index (κ3) is 4.48. The van der Waals surface area contributed by atoms with Crippen molar-refractivity contribution in [3.05, 3.63) is 58.3 Å². The summed E-state index contributed by atoms with van der Waals surface area (Å²) in [6.45, 7) is 3.12. The van der Waals surface area contributed by atoms with Gasteiger partial charge < -0.3 is 14.8 Å². The molecule has 0 aliphatic heterocycles. The molecule has 0 atom stereocenters. The number of ether oxygens (including phenoxy) is 2. The van der Waals surface area contributed by atoms with Gasteiger partial charge in [-0.25, -0.2) is 9.37 Å². The second kappa shape index (κ2) is 9.61. The van der Waals surface area contributed by atoms with E-state index in [4.69, 9.17) is 9.47 Å². The molecule has 0 unspecified atom stereocenters. The van der Waals surface area contributed by atoms with Gasteiger partial charge in [-0.1, -0.05) is 25.5 Å². The molecule has 1 aromatic carbocycles. The highest BCUT2D eigenvalue weighted by molar-refractivity contribution is 7.21. The number of rotatable bonds is 9. The Balaban J connectivity index is 1.79. The van der Waals surface area contributed by atoms with Crippen molar-refractivity contribution in [2.45, 2.75) is 32.9 Å². The van der Waals surface area contributed by atoms with Crippen LogP contribution in [0.1, 0.15) is 40.6 Å². The number of pyridine rings is 1. The van der Waals surface area contributed by atoms with E-state index in [1.165, 1.54) is 24.5 Å². The Kier molecular flexibility index (Phi) is 6.95. The smallest absolute Gasteiger partial charge is 0.262 e. The monoisotopic (exact) mass is 402 g/mol. The van der Waals surface area contributed by atoms with E-state index in [1.807, 2.05) is 6.07 Å². The van der Waals surface area contributed by atoms with Gasteiger partial charge in [0.15, 0.2) is 0 Å². The number of thiophene rings is 1. The first kappa shape index (κ1) is 20.2. The fraction of sp³-hybridized carbons (Fsp3) is 0.333. The van der Waals surface area contributed by atoms with Crippen LogP contribution in [0.5, 0.6) is 5.88 Å². The van der Waals surface area contributed by atoms with Gasteiger partial charge in [0, 0.05) is 41.1 Å². The highest BCUT2D eigenvalue weighted by atomic mass is 32.1. The Morgan fingerprint density at radius 1 is 1.29 bits per heavy atom. The normalized spacial score (nSPS) is 11.0. The minimum Gasteiger partial charge on any atom is -0.477 e. The summed E-state index contributed by atoms with van der Waals surface area (Å²) in [5.74, 6) is -0.0921. The topological polar surface area (TPSA) is 60.5 Å². The van der Waals surface area contributed by atoms with Crippen molar-refractivity contribution < 1.29 is 18.7 Å². The number of hydrogen-bond donors (Lipinski definition) is 1. The zero-order valence-electron chi connectivity index (χ0n) is 16.0. The fourth-order valence-corrected chi connectivity index (χ4v) is 4.03. The molecular weight excluding hydrogens is 379 g/mol. The maximum Gasteiger partial charge on any atom is 0.262 e. The second-order valence-electron chi connectivity index (χ2n) is 6.31. The Labute approximate surface area is 167 Å². The number of aromatic nitrogens is 1. The number of hydrogen-bond acceptors (Lipinski definition) is 5. The lowest BCUT2D eigenvalue weighted by Gasteiger charge is -2.11. The van der Waals surface area contributed by atoms with Gasteiger partial charge in [-0.3, -0.25) is 4.79 Å². The summed E-state index contributed by atoms with van der Waals surface area (Å²) in [6, 6.07) is 8.52. The van der Waals surface area contributed by atoms with Gasteiger partial charge in [-0.2, -0.15) is 0 Å². The number of halogens is 1. The van der Waals surface area contributed by atoms with Crippen LogP contribution >= 0.6 is 11.3 Å². The van der Waals surface area contributed by atoms with Crippen LogP contribution in [0.25, 0.3) is 10.1 Å². The van der Waals surface area contributed by atoms with E-state index < -0.39 is 0 Å². The van der Waals surface area contributed by atoms with Crippen LogP contribution in [0.15, 0.2) is 36.5 Å². The first-order valence-electron chi connectivity index (χ1n) is 9.19. The molecule has 5 nitrogen and oxygen atoms in total. The molecule has 0 radical (unpaired) electrons. The number of methoxy groups -OCH3 is 1. The molecule has 148 valence electrons. The largest absolute Gasteiger partial charge is 0.477 e. The molecule has 3 aromatic rings. The molecule has 1 amide bonds. The molecule has 0 fully saturated rings. The van der Waals surface area contributed by atoms with Crippen molar-refractivity contribution in [3.8, 4) is 5.88 Å². The standard InChI is InChI=1S/C21H23FN2O3S/c1-3-4-11-27-21-14(7-6-10-23-21)12-24-20(25)19-15(13-26-2)18-16(22)8-5-9-17(18)28-19/h5-10H,3-4,11-13H2,1-2H3,(H,24,25). The number of nitrogens with one attached hydrogen (secondary N) is 1. The minimum atomic E-state index is -0.348. The lowest BCUT2D eigenvalue weighted by molar-refractivity contribution is 0.0950. The van der Waals surface area contributed by atoms with E-state index in [2.05, 4.69) is 17.2 Å². The van der Waals surface area contributed by atoms with Crippen molar-refractivity contribution in [3.63, 3.8) is 0 Å². The summed E-state index contributed by atoms with van der Waals surface area (Å²) in [6.07, 6.45) is 3.64. The molecule has 0 spiro atoms. The Bertz CT molecular complexity index is 958. The van der Waals surface area contributed by atoms with Crippen LogP contribution in [0, 0.1) is 5.82 Å². The van der Waals surface area contributed by atoms with Crippen LogP contribution in [-0.4, -0.2) is 24.6 Å². The molecule has 0 saturated carbocycles. The van der Waals surface area contributed by atoms with E-state index in [9.17, 15) is 9.18 Å². The van der Waals surface area contributed by atoms with E-state index in [1.54, 1.807) is 24.4 Å². The van der Waals surface area contributed by atoms with E-state index in [0.717, 1.165) is 23.1 Å². The SMILES string of the molecule is CCCCOc1ncccc1CNC(=O)c1sc2cccc(F)c2c1COC. The summed E-state index contributed by atoms with van der Waals surface area (Å²) in [4.78, 5) is 17.5. The van der Waals surface area contributed by atoms with Crippen LogP contribution in [0.2, 0.25) is 0 Å². The van der Waals surface area contributed by atoms with Crippen LogP contribution in [0.3, 0.4) is 0 Å². The van der Waals surface area contributed by atoms with Crippen molar-refractivity contribution in [2.75, 3.05) is 13.7 Å². The number of carbonyl (C=O) groups excluding carboxylic acids is 1. The molecule has 0 aliphatic rings. The van der Waals surface area contributed by atoms with Crippen LogP contribution in [0.4, 0.5) is 4.39 Å². The average Bonchev–Trinajstić information content (AvgIpc) is 3.07. The van der Waals surface area contributed by atoms with Crippen molar-refractivity contribution >= 4 is 27.3 Å². The third-order valence-electron chi connectivity index (χ3n) is 4.28. The summed E-state index contributed by atoms with van der Waals surface area (Å²) >= 11 is 1.26. The van der Waals surface area contributed by atoms with Crippen molar-refractivity contribution in [2.24, 2.45) is 0 Å². The molecular formula is C21H23FN2O3S. The highest BCUT2D eigenvalue weighted by Gasteiger charge is 2.21. The average molecular weight is 402 g/mol. The fourth-order valence-electron chi connectivity index (χ4n) is 2.89. The number of nitrogens with zero attached hydrogens (tertiary/aromatic N) is 1. The van der Waals surface area contributed by atoms with Gasteiger partial charge in [0.2, 0.25) is 5.88 Å². The van der Waals surface area contributed by atoms with Crippen molar-refractivity contribution in [1.82, 2.24) is 10.3 Å². The lowest BCUT2D eigenvalue weighted by atomic mass is 10.1.